The van der Waals surface area contributed by atoms with Crippen LogP contribution in [0.3, 0.4) is 0 Å². The first-order valence-corrected chi connectivity index (χ1v) is 12.3. The van der Waals surface area contributed by atoms with Crippen molar-refractivity contribution in [3.8, 4) is 0 Å². The van der Waals surface area contributed by atoms with Gasteiger partial charge in [-0.2, -0.15) is 9.40 Å². The quantitative estimate of drug-likeness (QED) is 0.380. The molecular formula is C23H24F2N6O4S. The number of amides is 2. The normalized spacial score (nSPS) is 14.9. The van der Waals surface area contributed by atoms with Crippen molar-refractivity contribution in [2.45, 2.75) is 30.8 Å². The number of aromatic nitrogens is 2. The van der Waals surface area contributed by atoms with Gasteiger partial charge in [0, 0.05) is 18.2 Å². The Kier molecular flexibility index (Phi) is 6.64. The van der Waals surface area contributed by atoms with Crippen LogP contribution >= 0.6 is 0 Å². The number of sulfonamides is 1. The van der Waals surface area contributed by atoms with E-state index in [1.807, 2.05) is 0 Å². The monoisotopic (exact) mass is 518 g/mol. The van der Waals surface area contributed by atoms with Crippen LogP contribution in [0.2, 0.25) is 0 Å². The number of H-pyrrole nitrogens is 1. The maximum atomic E-state index is 13.7. The van der Waals surface area contributed by atoms with Crippen LogP contribution in [0.15, 0.2) is 47.4 Å². The predicted octanol–water partition coefficient (Wildman–Crippen LogP) is 2.54. The van der Waals surface area contributed by atoms with Crippen LogP contribution in [-0.4, -0.2) is 48.3 Å². The summed E-state index contributed by atoms with van der Waals surface area (Å²) in [7, 11) is -2.70. The Hall–Kier alpha value is -3.68. The first-order chi connectivity index (χ1) is 16.9. The van der Waals surface area contributed by atoms with Gasteiger partial charge in [-0.25, -0.2) is 17.2 Å². The molecule has 0 unspecified atom stereocenters. The smallest absolute Gasteiger partial charge is 0.258 e. The van der Waals surface area contributed by atoms with Crippen molar-refractivity contribution in [2.75, 3.05) is 24.2 Å². The molecule has 0 fully saturated rings. The van der Waals surface area contributed by atoms with Gasteiger partial charge in [0.15, 0.2) is 5.82 Å². The molecule has 0 saturated heterocycles. The van der Waals surface area contributed by atoms with E-state index in [-0.39, 0.29) is 30.4 Å². The van der Waals surface area contributed by atoms with E-state index < -0.39 is 38.0 Å². The SMILES string of the molecule is CNCC(=O)Nc1ccccc1C(=O)Nc1n[nH]c2c1CN(S(=O)(=O)c1cc(F)cc(F)c1)C2(C)C. The lowest BCUT2D eigenvalue weighted by atomic mass is 10.0. The van der Waals surface area contributed by atoms with Crippen molar-refractivity contribution in [2.24, 2.45) is 0 Å². The van der Waals surface area contributed by atoms with Crippen molar-refractivity contribution in [1.29, 1.82) is 0 Å². The van der Waals surface area contributed by atoms with Crippen molar-refractivity contribution >= 4 is 33.3 Å². The van der Waals surface area contributed by atoms with Crippen LogP contribution < -0.4 is 16.0 Å². The van der Waals surface area contributed by atoms with Crippen LogP contribution in [0.5, 0.6) is 0 Å². The summed E-state index contributed by atoms with van der Waals surface area (Å²) in [6, 6.07) is 8.49. The zero-order valence-electron chi connectivity index (χ0n) is 19.6. The number of anilines is 2. The second kappa shape index (κ2) is 9.41. The Morgan fingerprint density at radius 3 is 2.44 bits per heavy atom. The zero-order valence-corrected chi connectivity index (χ0v) is 20.5. The molecule has 3 aromatic rings. The number of fused-ring (bicyclic) bond motifs is 1. The molecule has 2 heterocycles. The van der Waals surface area contributed by atoms with E-state index in [1.165, 1.54) is 6.07 Å². The molecule has 0 spiro atoms. The molecule has 0 aliphatic carbocycles. The molecule has 2 aromatic carbocycles. The van der Waals surface area contributed by atoms with Crippen molar-refractivity contribution in [3.63, 3.8) is 0 Å². The third-order valence-corrected chi connectivity index (χ3v) is 7.84. The van der Waals surface area contributed by atoms with Gasteiger partial charge in [0.25, 0.3) is 5.91 Å². The average molecular weight is 519 g/mol. The lowest BCUT2D eigenvalue weighted by Crippen LogP contribution is -2.40. The molecule has 0 saturated carbocycles. The highest BCUT2D eigenvalue weighted by molar-refractivity contribution is 7.89. The van der Waals surface area contributed by atoms with E-state index in [1.54, 1.807) is 39.1 Å². The zero-order chi connectivity index (χ0) is 26.3. The molecule has 10 nitrogen and oxygen atoms in total. The molecule has 190 valence electrons. The fourth-order valence-electron chi connectivity index (χ4n) is 4.10. The number of nitrogens with zero attached hydrogens (tertiary/aromatic N) is 2. The Morgan fingerprint density at radius 2 is 1.78 bits per heavy atom. The van der Waals surface area contributed by atoms with Crippen LogP contribution in [0.1, 0.15) is 35.5 Å². The van der Waals surface area contributed by atoms with E-state index >= 15 is 0 Å². The topological polar surface area (TPSA) is 136 Å². The standard InChI is InChI=1S/C23H24F2N6O4S/c1-23(2)20-17(12-31(23)36(34,35)15-9-13(24)8-14(25)10-15)21(30-29-20)28-22(33)16-6-4-5-7-18(16)27-19(32)11-26-3/h4-10,26H,11-12H2,1-3H3,(H,27,32)(H2,28,29,30,33). The molecule has 36 heavy (non-hydrogen) atoms. The summed E-state index contributed by atoms with van der Waals surface area (Å²) in [6.45, 7) is 3.08. The first kappa shape index (κ1) is 25.4. The van der Waals surface area contributed by atoms with Crippen LogP contribution in [0, 0.1) is 11.6 Å². The summed E-state index contributed by atoms with van der Waals surface area (Å²) >= 11 is 0. The van der Waals surface area contributed by atoms with Gasteiger partial charge in [-0.1, -0.05) is 12.1 Å². The average Bonchev–Trinajstić information content (AvgIpc) is 3.32. The number of nitrogens with one attached hydrogen (secondary N) is 4. The number of hydrogen-bond acceptors (Lipinski definition) is 6. The number of carbonyl (C=O) groups is 2. The predicted molar refractivity (Wildman–Crippen MR) is 128 cm³/mol. The van der Waals surface area contributed by atoms with E-state index in [4.69, 9.17) is 0 Å². The van der Waals surface area contributed by atoms with E-state index in [0.717, 1.165) is 16.4 Å². The summed E-state index contributed by atoms with van der Waals surface area (Å²) in [4.78, 5) is 24.5. The molecular weight excluding hydrogens is 494 g/mol. The van der Waals surface area contributed by atoms with Crippen molar-refractivity contribution < 1.29 is 26.8 Å². The highest BCUT2D eigenvalue weighted by atomic mass is 32.2. The maximum absolute atomic E-state index is 13.7. The highest BCUT2D eigenvalue weighted by Crippen LogP contribution is 2.44. The summed E-state index contributed by atoms with van der Waals surface area (Å²) in [5.41, 5.74) is 0.140. The van der Waals surface area contributed by atoms with Crippen LogP contribution in [0.4, 0.5) is 20.3 Å². The van der Waals surface area contributed by atoms with E-state index in [0.29, 0.717) is 23.0 Å². The van der Waals surface area contributed by atoms with Crippen molar-refractivity contribution in [1.82, 2.24) is 19.8 Å². The Labute approximate surface area is 206 Å². The van der Waals surface area contributed by atoms with E-state index in [2.05, 4.69) is 26.1 Å². The molecule has 0 bridgehead atoms. The highest BCUT2D eigenvalue weighted by Gasteiger charge is 2.48. The van der Waals surface area contributed by atoms with Gasteiger partial charge in [0.2, 0.25) is 15.9 Å². The van der Waals surface area contributed by atoms with Gasteiger partial charge in [0.05, 0.1) is 33.9 Å². The van der Waals surface area contributed by atoms with Gasteiger partial charge in [0.1, 0.15) is 11.6 Å². The molecule has 0 radical (unpaired) electrons. The molecule has 0 atom stereocenters. The van der Waals surface area contributed by atoms with Crippen LogP contribution in [0.25, 0.3) is 0 Å². The first-order valence-electron chi connectivity index (χ1n) is 10.9. The van der Waals surface area contributed by atoms with Gasteiger partial charge < -0.3 is 16.0 Å². The maximum Gasteiger partial charge on any atom is 0.258 e. The Bertz CT molecular complexity index is 1430. The fraction of sp³-hybridized carbons (Fsp3) is 0.261. The minimum atomic E-state index is -4.31. The minimum absolute atomic E-state index is 0.0530. The summed E-state index contributed by atoms with van der Waals surface area (Å²) in [6.07, 6.45) is 0. The summed E-state index contributed by atoms with van der Waals surface area (Å²) in [5, 5.41) is 15.0. The minimum Gasteiger partial charge on any atom is -0.324 e. The molecule has 1 aliphatic heterocycles. The lowest BCUT2D eigenvalue weighted by molar-refractivity contribution is -0.115. The molecule has 13 heteroatoms. The molecule has 1 aliphatic rings. The summed E-state index contributed by atoms with van der Waals surface area (Å²) < 4.78 is 55.2. The summed E-state index contributed by atoms with van der Waals surface area (Å²) in [5.74, 6) is -2.84. The number of rotatable bonds is 7. The Morgan fingerprint density at radius 1 is 1.11 bits per heavy atom. The Balaban J connectivity index is 1.62. The number of hydrogen-bond donors (Lipinski definition) is 4. The van der Waals surface area contributed by atoms with E-state index in [9.17, 15) is 26.8 Å². The number of para-hydroxylation sites is 1. The van der Waals surface area contributed by atoms with Gasteiger partial charge in [-0.05, 0) is 45.2 Å². The largest absolute Gasteiger partial charge is 0.324 e. The van der Waals surface area contributed by atoms with Crippen molar-refractivity contribution in [3.05, 3.63) is 70.9 Å². The second-order valence-electron chi connectivity index (χ2n) is 8.68. The second-order valence-corrected chi connectivity index (χ2v) is 10.5. The molecule has 4 rings (SSSR count). The molecule has 4 N–H and O–H groups in total. The third kappa shape index (κ3) is 4.59. The number of aromatic amines is 1. The van der Waals surface area contributed by atoms with Gasteiger partial charge >= 0.3 is 0 Å². The number of benzene rings is 2. The van der Waals surface area contributed by atoms with Gasteiger partial charge in [-0.3, -0.25) is 14.7 Å². The fourth-order valence-corrected chi connectivity index (χ4v) is 5.87. The molecule has 1 aromatic heterocycles. The molecule has 2 amide bonds. The number of halogens is 2. The van der Waals surface area contributed by atoms with Crippen LogP contribution in [-0.2, 0) is 26.9 Å². The lowest BCUT2D eigenvalue weighted by Gasteiger charge is -2.30. The number of carbonyl (C=O) groups excluding carboxylic acids is 2. The third-order valence-electron chi connectivity index (χ3n) is 5.84. The van der Waals surface area contributed by atoms with Gasteiger partial charge in [-0.15, -0.1) is 0 Å². The number of likely N-dealkylation sites (N-methyl/N-ethyl adjacent to an activating group) is 1.